The summed E-state index contributed by atoms with van der Waals surface area (Å²) in [6.45, 7) is 0. The second kappa shape index (κ2) is 6.37. The van der Waals surface area contributed by atoms with Crippen molar-refractivity contribution in [1.29, 1.82) is 0 Å². The van der Waals surface area contributed by atoms with Crippen molar-refractivity contribution >= 4 is 64.1 Å². The Balaban J connectivity index is 1.55. The predicted molar refractivity (Wildman–Crippen MR) is 113 cm³/mol. The topological polar surface area (TPSA) is 56.3 Å². The minimum absolute atomic E-state index is 0.674. The number of rotatable bonds is 4. The van der Waals surface area contributed by atoms with Crippen LogP contribution in [0.2, 0.25) is 0 Å². The molecule has 5 aromatic rings. The Labute approximate surface area is 163 Å². The third-order valence-corrected chi connectivity index (χ3v) is 6.26. The molecule has 0 fully saturated rings. The summed E-state index contributed by atoms with van der Waals surface area (Å²) in [5.74, 6) is 1.37. The Morgan fingerprint density at radius 3 is 2.41 bits per heavy atom. The third-order valence-electron chi connectivity index (χ3n) is 4.39. The SMILES string of the molecule is COc1cc2nc(Nc3nc4c(ccc5ccccc54)s3)sc2cc1OC. The van der Waals surface area contributed by atoms with Crippen molar-refractivity contribution in [3.63, 3.8) is 0 Å². The highest BCUT2D eigenvalue weighted by Gasteiger charge is 2.13. The number of thiazole rings is 2. The van der Waals surface area contributed by atoms with Crippen LogP contribution in [0.1, 0.15) is 0 Å². The summed E-state index contributed by atoms with van der Waals surface area (Å²) >= 11 is 3.19. The molecule has 0 unspecified atom stereocenters. The molecular formula is C20H15N3O2S2. The second-order valence-electron chi connectivity index (χ2n) is 5.97. The van der Waals surface area contributed by atoms with Crippen LogP contribution in [0.5, 0.6) is 11.5 Å². The maximum atomic E-state index is 5.38. The Morgan fingerprint density at radius 2 is 1.56 bits per heavy atom. The summed E-state index contributed by atoms with van der Waals surface area (Å²) in [6.07, 6.45) is 0. The van der Waals surface area contributed by atoms with Gasteiger partial charge < -0.3 is 14.8 Å². The number of benzene rings is 3. The Kier molecular flexibility index (Phi) is 3.84. The average molecular weight is 393 g/mol. The zero-order valence-corrected chi connectivity index (χ0v) is 16.3. The first-order chi connectivity index (χ1) is 13.2. The van der Waals surface area contributed by atoms with Crippen molar-refractivity contribution in [2.45, 2.75) is 0 Å². The van der Waals surface area contributed by atoms with Gasteiger partial charge in [0, 0.05) is 17.5 Å². The molecule has 27 heavy (non-hydrogen) atoms. The normalized spacial score (nSPS) is 11.3. The first kappa shape index (κ1) is 16.3. The molecule has 3 aromatic carbocycles. The Morgan fingerprint density at radius 1 is 0.815 bits per heavy atom. The van der Waals surface area contributed by atoms with Crippen LogP contribution in [-0.2, 0) is 0 Å². The van der Waals surface area contributed by atoms with Crippen LogP contribution in [-0.4, -0.2) is 24.2 Å². The zero-order valence-electron chi connectivity index (χ0n) is 14.6. The number of methoxy groups -OCH3 is 2. The lowest BCUT2D eigenvalue weighted by Crippen LogP contribution is -1.90. The van der Waals surface area contributed by atoms with Crippen LogP contribution >= 0.6 is 22.7 Å². The zero-order chi connectivity index (χ0) is 18.4. The Hall–Kier alpha value is -2.90. The summed E-state index contributed by atoms with van der Waals surface area (Å²) < 4.78 is 12.9. The minimum Gasteiger partial charge on any atom is -0.493 e. The van der Waals surface area contributed by atoms with E-state index in [1.54, 1.807) is 36.9 Å². The van der Waals surface area contributed by atoms with Crippen molar-refractivity contribution in [1.82, 2.24) is 9.97 Å². The number of anilines is 2. The molecule has 0 atom stereocenters. The van der Waals surface area contributed by atoms with Crippen molar-refractivity contribution in [2.75, 3.05) is 19.5 Å². The van der Waals surface area contributed by atoms with Gasteiger partial charge in [-0.25, -0.2) is 9.97 Å². The van der Waals surface area contributed by atoms with Crippen LogP contribution < -0.4 is 14.8 Å². The van der Waals surface area contributed by atoms with Crippen molar-refractivity contribution in [2.24, 2.45) is 0 Å². The molecule has 0 aliphatic rings. The van der Waals surface area contributed by atoms with Crippen LogP contribution in [0, 0.1) is 0 Å². The summed E-state index contributed by atoms with van der Waals surface area (Å²) in [5.41, 5.74) is 1.89. The van der Waals surface area contributed by atoms with Crippen LogP contribution in [0.15, 0.2) is 48.5 Å². The maximum absolute atomic E-state index is 5.38. The van der Waals surface area contributed by atoms with Gasteiger partial charge in [-0.2, -0.15) is 0 Å². The molecule has 0 aliphatic carbocycles. The van der Waals surface area contributed by atoms with E-state index in [-0.39, 0.29) is 0 Å². The fourth-order valence-corrected chi connectivity index (χ4v) is 4.94. The van der Waals surface area contributed by atoms with E-state index in [2.05, 4.69) is 34.6 Å². The predicted octanol–water partition coefficient (Wildman–Crippen LogP) is 5.82. The molecule has 5 rings (SSSR count). The van der Waals surface area contributed by atoms with Gasteiger partial charge in [-0.15, -0.1) is 0 Å². The van der Waals surface area contributed by atoms with E-state index in [0.717, 1.165) is 36.1 Å². The molecule has 0 saturated carbocycles. The van der Waals surface area contributed by atoms with Gasteiger partial charge in [-0.05, 0) is 11.5 Å². The lowest BCUT2D eigenvalue weighted by atomic mass is 10.1. The maximum Gasteiger partial charge on any atom is 0.190 e. The smallest absolute Gasteiger partial charge is 0.190 e. The number of ether oxygens (including phenoxy) is 2. The van der Waals surface area contributed by atoms with E-state index < -0.39 is 0 Å². The summed E-state index contributed by atoms with van der Waals surface area (Å²) in [5, 5.41) is 7.34. The van der Waals surface area contributed by atoms with Crippen molar-refractivity contribution in [3.8, 4) is 11.5 Å². The van der Waals surface area contributed by atoms with Gasteiger partial charge in [0.1, 0.15) is 0 Å². The molecular weight excluding hydrogens is 378 g/mol. The van der Waals surface area contributed by atoms with Gasteiger partial charge in [-0.3, -0.25) is 0 Å². The van der Waals surface area contributed by atoms with Crippen LogP contribution in [0.25, 0.3) is 31.2 Å². The molecule has 0 amide bonds. The fraction of sp³-hybridized carbons (Fsp3) is 0.100. The number of hydrogen-bond donors (Lipinski definition) is 1. The van der Waals surface area contributed by atoms with E-state index in [0.29, 0.717) is 11.5 Å². The lowest BCUT2D eigenvalue weighted by Gasteiger charge is -2.05. The lowest BCUT2D eigenvalue weighted by molar-refractivity contribution is 0.356. The van der Waals surface area contributed by atoms with E-state index in [4.69, 9.17) is 14.5 Å². The molecule has 0 bridgehead atoms. The van der Waals surface area contributed by atoms with Gasteiger partial charge in [0.2, 0.25) is 0 Å². The largest absolute Gasteiger partial charge is 0.493 e. The molecule has 0 saturated heterocycles. The molecule has 1 N–H and O–H groups in total. The number of fused-ring (bicyclic) bond motifs is 4. The van der Waals surface area contributed by atoms with E-state index >= 15 is 0 Å². The summed E-state index contributed by atoms with van der Waals surface area (Å²) in [7, 11) is 3.26. The number of nitrogens with one attached hydrogen (secondary N) is 1. The van der Waals surface area contributed by atoms with Crippen molar-refractivity contribution < 1.29 is 9.47 Å². The average Bonchev–Trinajstić information content (AvgIpc) is 3.29. The molecule has 0 radical (unpaired) electrons. The van der Waals surface area contributed by atoms with Crippen LogP contribution in [0.3, 0.4) is 0 Å². The number of aromatic nitrogens is 2. The number of nitrogens with zero attached hydrogens (tertiary/aromatic N) is 2. The number of hydrogen-bond acceptors (Lipinski definition) is 7. The summed E-state index contributed by atoms with van der Waals surface area (Å²) in [6, 6.07) is 16.4. The van der Waals surface area contributed by atoms with Gasteiger partial charge in [0.25, 0.3) is 0 Å². The third kappa shape index (κ3) is 2.75. The first-order valence-corrected chi connectivity index (χ1v) is 9.96. The highest BCUT2D eigenvalue weighted by atomic mass is 32.1. The van der Waals surface area contributed by atoms with E-state index in [1.165, 1.54) is 5.39 Å². The fourth-order valence-electron chi connectivity index (χ4n) is 3.11. The van der Waals surface area contributed by atoms with E-state index in [1.807, 2.05) is 24.3 Å². The summed E-state index contributed by atoms with van der Waals surface area (Å²) in [4.78, 5) is 9.46. The van der Waals surface area contributed by atoms with Gasteiger partial charge in [-0.1, -0.05) is 53.0 Å². The highest BCUT2D eigenvalue weighted by molar-refractivity contribution is 7.24. The van der Waals surface area contributed by atoms with Crippen molar-refractivity contribution in [3.05, 3.63) is 48.5 Å². The molecule has 2 aromatic heterocycles. The molecule has 0 aliphatic heterocycles. The Bertz CT molecular complexity index is 1250. The first-order valence-electron chi connectivity index (χ1n) is 8.33. The monoisotopic (exact) mass is 393 g/mol. The molecule has 134 valence electrons. The molecule has 5 nitrogen and oxygen atoms in total. The minimum atomic E-state index is 0.674. The van der Waals surface area contributed by atoms with Gasteiger partial charge in [0.05, 0.1) is 34.7 Å². The second-order valence-corrected chi connectivity index (χ2v) is 8.03. The quantitative estimate of drug-likeness (QED) is 0.417. The van der Waals surface area contributed by atoms with E-state index in [9.17, 15) is 0 Å². The standard InChI is InChI=1S/C20H15N3O2S2/c1-24-14-9-13-17(10-15(14)25-2)27-19(21-13)23-20-22-18-12-6-4-3-5-11(12)7-8-16(18)26-20/h3-10H,1-2H3,(H,21,22,23). The van der Waals surface area contributed by atoms with Gasteiger partial charge in [0.15, 0.2) is 21.8 Å². The highest BCUT2D eigenvalue weighted by Crippen LogP contribution is 2.38. The molecule has 0 spiro atoms. The van der Waals surface area contributed by atoms with Crippen LogP contribution in [0.4, 0.5) is 10.3 Å². The molecule has 2 heterocycles. The van der Waals surface area contributed by atoms with Gasteiger partial charge >= 0.3 is 0 Å². The molecule has 7 heteroatoms.